The number of aromatic amines is 1. The first-order valence-electron chi connectivity index (χ1n) is 7.00. The van der Waals surface area contributed by atoms with Crippen LogP contribution in [0.25, 0.3) is 10.9 Å². The maximum Gasteiger partial charge on any atom is 0.238 e. The molecule has 5 nitrogen and oxygen atoms in total. The minimum Gasteiger partial charge on any atom is -0.361 e. The van der Waals surface area contributed by atoms with E-state index in [1.165, 1.54) is 0 Å². The van der Waals surface area contributed by atoms with Crippen LogP contribution in [0, 0.1) is 0 Å². The zero-order valence-electron chi connectivity index (χ0n) is 11.7. The Labute approximate surface area is 118 Å². The lowest BCUT2D eigenvalue weighted by Gasteiger charge is -2.32. The Morgan fingerprint density at radius 3 is 2.85 bits per heavy atom. The van der Waals surface area contributed by atoms with Crippen molar-refractivity contribution in [1.82, 2.24) is 20.3 Å². The van der Waals surface area contributed by atoms with Crippen LogP contribution in [0.1, 0.15) is 5.56 Å². The molecule has 3 rings (SSSR count). The molecule has 1 aliphatic rings. The molecule has 2 aromatic rings. The number of likely N-dealkylation sites (N-methyl/N-ethyl adjacent to an activating group) is 1. The summed E-state index contributed by atoms with van der Waals surface area (Å²) in [5.74, 6) is 0.0597. The second kappa shape index (κ2) is 5.64. The Kier molecular flexibility index (Phi) is 3.71. The molecule has 0 saturated carbocycles. The molecular weight excluding hydrogens is 252 g/mol. The molecule has 1 fully saturated rings. The van der Waals surface area contributed by atoms with Gasteiger partial charge < -0.3 is 9.88 Å². The molecule has 1 saturated heterocycles. The lowest BCUT2D eigenvalue weighted by Crippen LogP contribution is -2.52. The van der Waals surface area contributed by atoms with Gasteiger partial charge in [0.1, 0.15) is 0 Å². The summed E-state index contributed by atoms with van der Waals surface area (Å²) in [6, 6.07) is 8.11. The first-order valence-corrected chi connectivity index (χ1v) is 7.00. The Morgan fingerprint density at radius 1 is 1.25 bits per heavy atom. The zero-order valence-corrected chi connectivity index (χ0v) is 11.7. The molecule has 0 aliphatic carbocycles. The third kappa shape index (κ3) is 3.00. The highest BCUT2D eigenvalue weighted by molar-refractivity contribution is 5.83. The minimum absolute atomic E-state index is 0.0597. The van der Waals surface area contributed by atoms with Gasteiger partial charge in [-0.15, -0.1) is 0 Å². The van der Waals surface area contributed by atoms with Crippen molar-refractivity contribution in [2.75, 3.05) is 33.2 Å². The molecule has 1 amide bonds. The van der Waals surface area contributed by atoms with Gasteiger partial charge in [0, 0.05) is 37.9 Å². The number of fused-ring (bicyclic) bond motifs is 1. The lowest BCUT2D eigenvalue weighted by atomic mass is 10.1. The van der Waals surface area contributed by atoms with Crippen LogP contribution in [-0.2, 0) is 11.2 Å². The van der Waals surface area contributed by atoms with Gasteiger partial charge in [0.15, 0.2) is 0 Å². The van der Waals surface area contributed by atoms with Crippen molar-refractivity contribution in [2.45, 2.75) is 6.42 Å². The van der Waals surface area contributed by atoms with Crippen molar-refractivity contribution in [3.05, 3.63) is 36.0 Å². The van der Waals surface area contributed by atoms with Gasteiger partial charge in [0.2, 0.25) is 5.91 Å². The molecule has 0 radical (unpaired) electrons. The zero-order chi connectivity index (χ0) is 13.9. The summed E-state index contributed by atoms with van der Waals surface area (Å²) in [5.41, 5.74) is 5.14. The first-order chi connectivity index (χ1) is 9.70. The van der Waals surface area contributed by atoms with Gasteiger partial charge in [-0.3, -0.25) is 10.2 Å². The number of carbonyl (C=O) groups is 1. The average molecular weight is 272 g/mol. The van der Waals surface area contributed by atoms with Crippen LogP contribution in [0.2, 0.25) is 0 Å². The van der Waals surface area contributed by atoms with Crippen molar-refractivity contribution in [1.29, 1.82) is 0 Å². The summed E-state index contributed by atoms with van der Waals surface area (Å²) in [5, 5.41) is 3.16. The molecule has 5 heteroatoms. The predicted molar refractivity (Wildman–Crippen MR) is 79.2 cm³/mol. The van der Waals surface area contributed by atoms with Crippen LogP contribution in [0.3, 0.4) is 0 Å². The monoisotopic (exact) mass is 272 g/mol. The van der Waals surface area contributed by atoms with Crippen molar-refractivity contribution in [3.8, 4) is 0 Å². The van der Waals surface area contributed by atoms with E-state index < -0.39 is 0 Å². The van der Waals surface area contributed by atoms with Crippen LogP contribution in [0.4, 0.5) is 0 Å². The standard InChI is InChI=1S/C15H20N4O/c1-18-6-8-19(9-7-18)17-15(20)11-12-2-3-14-13(10-12)4-5-16-14/h2-5,10,16H,6-9,11H2,1H3,(H,17,20). The van der Waals surface area contributed by atoms with Crippen LogP contribution < -0.4 is 5.43 Å². The number of carbonyl (C=O) groups excluding carboxylic acids is 1. The Hall–Kier alpha value is -1.85. The van der Waals surface area contributed by atoms with E-state index in [1.807, 2.05) is 29.4 Å². The number of H-pyrrole nitrogens is 1. The highest BCUT2D eigenvalue weighted by Crippen LogP contribution is 2.14. The molecule has 0 spiro atoms. The van der Waals surface area contributed by atoms with Crippen molar-refractivity contribution >= 4 is 16.8 Å². The van der Waals surface area contributed by atoms with E-state index in [2.05, 4.69) is 28.4 Å². The summed E-state index contributed by atoms with van der Waals surface area (Å²) in [6.45, 7) is 3.77. The third-order valence-corrected chi connectivity index (χ3v) is 3.77. The Morgan fingerprint density at radius 2 is 2.05 bits per heavy atom. The van der Waals surface area contributed by atoms with Crippen LogP contribution in [0.15, 0.2) is 30.5 Å². The van der Waals surface area contributed by atoms with Gasteiger partial charge in [-0.2, -0.15) is 0 Å². The highest BCUT2D eigenvalue weighted by atomic mass is 16.2. The molecule has 20 heavy (non-hydrogen) atoms. The Balaban J connectivity index is 1.58. The molecule has 2 N–H and O–H groups in total. The van der Waals surface area contributed by atoms with E-state index in [-0.39, 0.29) is 5.91 Å². The fourth-order valence-corrected chi connectivity index (χ4v) is 2.53. The molecule has 1 aliphatic heterocycles. The van der Waals surface area contributed by atoms with Crippen molar-refractivity contribution in [3.63, 3.8) is 0 Å². The number of amides is 1. The number of rotatable bonds is 3. The highest BCUT2D eigenvalue weighted by Gasteiger charge is 2.15. The van der Waals surface area contributed by atoms with E-state index in [1.54, 1.807) is 0 Å². The largest absolute Gasteiger partial charge is 0.361 e. The first kappa shape index (κ1) is 13.1. The topological polar surface area (TPSA) is 51.4 Å². The molecule has 1 aromatic heterocycles. The second-order valence-corrected chi connectivity index (χ2v) is 5.40. The summed E-state index contributed by atoms with van der Waals surface area (Å²) < 4.78 is 0. The maximum absolute atomic E-state index is 12.1. The predicted octanol–water partition coefficient (Wildman–Crippen LogP) is 0.989. The fraction of sp³-hybridized carbons (Fsp3) is 0.400. The quantitative estimate of drug-likeness (QED) is 0.876. The van der Waals surface area contributed by atoms with Crippen LogP contribution >= 0.6 is 0 Å². The number of hydrazine groups is 1. The number of aromatic nitrogens is 1. The van der Waals surface area contributed by atoms with Crippen molar-refractivity contribution in [2.24, 2.45) is 0 Å². The van der Waals surface area contributed by atoms with Gasteiger partial charge in [0.05, 0.1) is 6.42 Å². The normalized spacial score (nSPS) is 17.4. The number of nitrogens with zero attached hydrogens (tertiary/aromatic N) is 2. The van der Waals surface area contributed by atoms with Gasteiger partial charge in [-0.1, -0.05) is 6.07 Å². The van der Waals surface area contributed by atoms with E-state index in [0.717, 1.165) is 42.6 Å². The van der Waals surface area contributed by atoms with Gasteiger partial charge in [0.25, 0.3) is 0 Å². The number of benzene rings is 1. The van der Waals surface area contributed by atoms with Gasteiger partial charge >= 0.3 is 0 Å². The van der Waals surface area contributed by atoms with Crippen LogP contribution in [0.5, 0.6) is 0 Å². The second-order valence-electron chi connectivity index (χ2n) is 5.40. The van der Waals surface area contributed by atoms with E-state index in [4.69, 9.17) is 0 Å². The maximum atomic E-state index is 12.1. The van der Waals surface area contributed by atoms with Crippen LogP contribution in [-0.4, -0.2) is 54.0 Å². The molecule has 1 aromatic carbocycles. The van der Waals surface area contributed by atoms with Gasteiger partial charge in [-0.05, 0) is 36.2 Å². The van der Waals surface area contributed by atoms with E-state index in [0.29, 0.717) is 6.42 Å². The molecule has 0 unspecified atom stereocenters. The smallest absolute Gasteiger partial charge is 0.238 e. The molecule has 0 bridgehead atoms. The number of hydrogen-bond acceptors (Lipinski definition) is 3. The summed E-state index contributed by atoms with van der Waals surface area (Å²) >= 11 is 0. The molecular formula is C15H20N4O. The van der Waals surface area contributed by atoms with E-state index in [9.17, 15) is 4.79 Å². The molecule has 0 atom stereocenters. The average Bonchev–Trinajstić information content (AvgIpc) is 2.89. The molecule has 106 valence electrons. The fourth-order valence-electron chi connectivity index (χ4n) is 2.53. The number of hydrogen-bond donors (Lipinski definition) is 2. The third-order valence-electron chi connectivity index (χ3n) is 3.77. The number of piperazine rings is 1. The lowest BCUT2D eigenvalue weighted by molar-refractivity contribution is -0.126. The number of nitrogens with one attached hydrogen (secondary N) is 2. The minimum atomic E-state index is 0.0597. The summed E-state index contributed by atoms with van der Waals surface area (Å²) in [4.78, 5) is 17.5. The SMILES string of the molecule is CN1CCN(NC(=O)Cc2ccc3[nH]ccc3c2)CC1. The van der Waals surface area contributed by atoms with E-state index >= 15 is 0 Å². The summed E-state index contributed by atoms with van der Waals surface area (Å²) in [7, 11) is 2.10. The molecule has 2 heterocycles. The van der Waals surface area contributed by atoms with Crippen molar-refractivity contribution < 1.29 is 4.79 Å². The van der Waals surface area contributed by atoms with Gasteiger partial charge in [-0.25, -0.2) is 5.01 Å². The Bertz CT molecular complexity index is 599. The summed E-state index contributed by atoms with van der Waals surface area (Å²) in [6.07, 6.45) is 2.34.